The first-order valence-electron chi connectivity index (χ1n) is 13.8. The minimum Gasteiger partial charge on any atom is -0.357 e. The molecule has 45 heavy (non-hydrogen) atoms. The van der Waals surface area contributed by atoms with Gasteiger partial charge in [-0.25, -0.2) is 19.3 Å². The second kappa shape index (κ2) is 10.6. The van der Waals surface area contributed by atoms with Gasteiger partial charge in [-0.05, 0) is 45.8 Å². The Bertz CT molecular complexity index is 2440. The number of aromatic nitrogens is 12. The zero-order chi connectivity index (χ0) is 29.0. The van der Waals surface area contributed by atoms with Crippen molar-refractivity contribution in [1.82, 2.24) is 59.4 Å². The van der Waals surface area contributed by atoms with Crippen LogP contribution in [0.4, 0.5) is 0 Å². The van der Waals surface area contributed by atoms with Crippen molar-refractivity contribution >= 4 is 67.2 Å². The van der Waals surface area contributed by atoms with E-state index in [4.69, 9.17) is 50.1 Å². The van der Waals surface area contributed by atoms with Gasteiger partial charge >= 0.3 is 17.1 Å². The van der Waals surface area contributed by atoms with E-state index >= 15 is 0 Å². The van der Waals surface area contributed by atoms with Crippen molar-refractivity contribution in [3.63, 3.8) is 0 Å². The molecule has 0 aliphatic rings. The van der Waals surface area contributed by atoms with Crippen molar-refractivity contribution in [3.05, 3.63) is 109 Å². The van der Waals surface area contributed by atoms with Gasteiger partial charge in [0.05, 0.1) is 11.4 Å². The van der Waals surface area contributed by atoms with Crippen molar-refractivity contribution in [2.75, 3.05) is 0 Å². The third-order valence-electron chi connectivity index (χ3n) is 7.22. The van der Waals surface area contributed by atoms with Crippen LogP contribution in [0.3, 0.4) is 0 Å². The van der Waals surface area contributed by atoms with Crippen LogP contribution in [0.2, 0.25) is 0 Å². The molecule has 9 aromatic rings. The van der Waals surface area contributed by atoms with Crippen molar-refractivity contribution in [2.24, 2.45) is 0 Å². The van der Waals surface area contributed by atoms with Crippen LogP contribution in [0.1, 0.15) is 0 Å². The first kappa shape index (κ1) is 26.6. The number of benzene rings is 4. The minimum atomic E-state index is 0. The van der Waals surface area contributed by atoms with E-state index in [2.05, 4.69) is 0 Å². The van der Waals surface area contributed by atoms with Gasteiger partial charge in [-0.15, -0.1) is 10.2 Å². The summed E-state index contributed by atoms with van der Waals surface area (Å²) in [7, 11) is 0. The van der Waals surface area contributed by atoms with E-state index in [-0.39, 0.29) is 28.6 Å². The zero-order valence-corrected chi connectivity index (χ0v) is 24.2. The van der Waals surface area contributed by atoms with E-state index in [9.17, 15) is 0 Å². The summed E-state index contributed by atoms with van der Waals surface area (Å²) in [6.45, 7) is 0. The molecule has 4 aromatic carbocycles. The number of nitrogens with zero attached hydrogens (tertiary/aromatic N) is 12. The first-order valence-corrected chi connectivity index (χ1v) is 13.8. The molecule has 8 bridgehead atoms. The van der Waals surface area contributed by atoms with Gasteiger partial charge in [-0.1, -0.05) is 84.9 Å². The topological polar surface area (TPSA) is 141 Å². The summed E-state index contributed by atoms with van der Waals surface area (Å²) in [5, 5.41) is 12.6. The van der Waals surface area contributed by atoms with Crippen LogP contribution in [0.15, 0.2) is 109 Å². The van der Waals surface area contributed by atoms with Gasteiger partial charge in [0, 0.05) is 22.6 Å². The average molecular weight is 626 g/mol. The molecule has 214 valence electrons. The van der Waals surface area contributed by atoms with E-state index < -0.39 is 0 Å². The summed E-state index contributed by atoms with van der Waals surface area (Å²) in [5.41, 5.74) is 3.29. The molecular formula is C32H18FeN12. The van der Waals surface area contributed by atoms with E-state index in [0.717, 1.165) is 32.9 Å². The van der Waals surface area contributed by atoms with Gasteiger partial charge in [0.15, 0.2) is 23.1 Å². The van der Waals surface area contributed by atoms with Crippen LogP contribution in [0, 0.1) is 0 Å². The second-order valence-corrected chi connectivity index (χ2v) is 9.97. The molecule has 0 aliphatic carbocycles. The van der Waals surface area contributed by atoms with Crippen LogP contribution in [-0.4, -0.2) is 49.5 Å². The van der Waals surface area contributed by atoms with Crippen LogP contribution in [0.5, 0.6) is 0 Å². The third-order valence-corrected chi connectivity index (χ3v) is 7.22. The molecular weight excluding hydrogens is 608 g/mol. The Morgan fingerprint density at radius 1 is 0.378 bits per heavy atom. The quantitative estimate of drug-likeness (QED) is 0.242. The van der Waals surface area contributed by atoms with E-state index in [1.165, 1.54) is 0 Å². The van der Waals surface area contributed by atoms with Crippen LogP contribution in [-0.2, 0) is 17.1 Å². The SMILES string of the molecule is [Fe+2].c1ccc(-n2nc3nc4[n-]c(nc5nc(nc6[n-]c(nc2n3)c2ccccc62)nn5-c2ccccc2)c2ccccc42)cc1. The monoisotopic (exact) mass is 626 g/mol. The molecule has 0 fully saturated rings. The zero-order valence-electron chi connectivity index (χ0n) is 23.1. The molecule has 5 aromatic heterocycles. The van der Waals surface area contributed by atoms with Crippen molar-refractivity contribution < 1.29 is 17.1 Å². The Morgan fingerprint density at radius 2 is 0.711 bits per heavy atom. The van der Waals surface area contributed by atoms with Gasteiger partial charge in [-0.3, -0.25) is 0 Å². The predicted octanol–water partition coefficient (Wildman–Crippen LogP) is 4.95. The molecule has 0 aliphatic heterocycles. The number of rotatable bonds is 2. The smallest absolute Gasteiger partial charge is 0.357 e. The molecule has 9 rings (SSSR count). The standard InChI is InChI=1S/C32H18N12.Fe/c1-3-11-19(12-4-1)43-31-37-27-23-17-9-7-15-21(23)26(33-27)36-30-40-32(44(42-30)20-13-5-2-6-14-20)38-28-24-18-10-8-16-22(24)25(34-28)35-29(39-31)41-43;/h1-18H;/q-2;+2. The summed E-state index contributed by atoms with van der Waals surface area (Å²) in [4.78, 5) is 38.3. The minimum absolute atomic E-state index is 0. The molecule has 0 saturated heterocycles. The molecule has 13 heteroatoms. The molecule has 12 nitrogen and oxygen atoms in total. The summed E-state index contributed by atoms with van der Waals surface area (Å²) in [5.74, 6) is 1.02. The maximum Gasteiger partial charge on any atom is 2.00 e. The third kappa shape index (κ3) is 4.54. The first-order chi connectivity index (χ1) is 21.8. The Hall–Kier alpha value is -6.04. The van der Waals surface area contributed by atoms with E-state index in [0.29, 0.717) is 34.1 Å². The molecule has 0 N–H and O–H groups in total. The van der Waals surface area contributed by atoms with Crippen LogP contribution >= 0.6 is 0 Å². The molecule has 5 heterocycles. The van der Waals surface area contributed by atoms with Crippen molar-refractivity contribution in [2.45, 2.75) is 0 Å². The van der Waals surface area contributed by atoms with E-state index in [1.54, 1.807) is 9.36 Å². The van der Waals surface area contributed by atoms with Gasteiger partial charge in [0.1, 0.15) is 0 Å². The fraction of sp³-hybridized carbons (Fsp3) is 0. The molecule has 0 spiro atoms. The van der Waals surface area contributed by atoms with Gasteiger partial charge in [0.25, 0.3) is 0 Å². The summed E-state index contributed by atoms with van der Waals surface area (Å²) in [6.07, 6.45) is 0. The number of hydrogen-bond acceptors (Lipinski definition) is 8. The molecule has 0 saturated carbocycles. The Balaban J connectivity index is 0.00000300. The number of hydrogen-bond donors (Lipinski definition) is 0. The largest absolute Gasteiger partial charge is 2.00 e. The summed E-state index contributed by atoms with van der Waals surface area (Å²) in [6, 6.07) is 34.8. The maximum atomic E-state index is 4.88. The second-order valence-electron chi connectivity index (χ2n) is 9.97. The van der Waals surface area contributed by atoms with Gasteiger partial charge in [0.2, 0.25) is 0 Å². The molecule has 0 atom stereocenters. The predicted molar refractivity (Wildman–Crippen MR) is 166 cm³/mol. The normalized spacial score (nSPS) is 11.4. The molecule has 0 amide bonds. The summed E-state index contributed by atoms with van der Waals surface area (Å²) >= 11 is 0. The Kier molecular flexibility index (Phi) is 6.26. The van der Waals surface area contributed by atoms with E-state index in [1.807, 2.05) is 109 Å². The Morgan fingerprint density at radius 3 is 1.09 bits per heavy atom. The van der Waals surface area contributed by atoms with Gasteiger partial charge in [-0.2, -0.15) is 0 Å². The number of fused-ring (bicyclic) bond motifs is 14. The fourth-order valence-corrected chi connectivity index (χ4v) is 5.22. The van der Waals surface area contributed by atoms with Gasteiger partial charge < -0.3 is 29.9 Å². The fourth-order valence-electron chi connectivity index (χ4n) is 5.22. The Labute approximate surface area is 263 Å². The van der Waals surface area contributed by atoms with Crippen molar-refractivity contribution in [1.29, 1.82) is 0 Å². The van der Waals surface area contributed by atoms with Crippen molar-refractivity contribution in [3.8, 4) is 11.4 Å². The maximum absolute atomic E-state index is 4.88. The molecule has 0 radical (unpaired) electrons. The van der Waals surface area contributed by atoms with Crippen LogP contribution in [0.25, 0.3) is 78.6 Å². The van der Waals surface area contributed by atoms with Crippen LogP contribution < -0.4 is 9.97 Å². The number of para-hydroxylation sites is 2. The average Bonchev–Trinajstić information content (AvgIpc) is 3.83. The molecule has 0 unspecified atom stereocenters. The summed E-state index contributed by atoms with van der Waals surface area (Å²) < 4.78 is 3.28.